The van der Waals surface area contributed by atoms with E-state index in [1.54, 1.807) is 25.7 Å². The van der Waals surface area contributed by atoms with Crippen LogP contribution in [0, 0.1) is 13.8 Å². The first-order valence-corrected chi connectivity index (χ1v) is 7.77. The molecule has 2 heterocycles. The average molecular weight is 329 g/mol. The molecule has 0 spiro atoms. The molecule has 2 amide bonds. The molecule has 126 valence electrons. The molecule has 1 aliphatic rings. The minimum Gasteiger partial charge on any atom is -0.479 e. The van der Waals surface area contributed by atoms with E-state index in [0.717, 1.165) is 0 Å². The van der Waals surface area contributed by atoms with Crippen molar-refractivity contribution in [2.24, 2.45) is 0 Å². The minimum absolute atomic E-state index is 0.154. The summed E-state index contributed by atoms with van der Waals surface area (Å²) in [6.07, 6.45) is -0.401. The fourth-order valence-corrected chi connectivity index (χ4v) is 2.67. The van der Waals surface area contributed by atoms with Crippen molar-refractivity contribution in [2.45, 2.75) is 33.3 Å². The van der Waals surface area contributed by atoms with Crippen molar-refractivity contribution < 1.29 is 18.8 Å². The minimum atomic E-state index is -0.564. The first-order chi connectivity index (χ1) is 11.5. The van der Waals surface area contributed by atoms with Crippen LogP contribution < -0.4 is 15.0 Å². The summed E-state index contributed by atoms with van der Waals surface area (Å²) in [6.45, 7) is 5.47. The second-order valence-electron chi connectivity index (χ2n) is 5.72. The number of anilines is 2. The van der Waals surface area contributed by atoms with Gasteiger partial charge in [0.1, 0.15) is 17.1 Å². The molecule has 1 aromatic carbocycles. The van der Waals surface area contributed by atoms with Crippen LogP contribution >= 0.6 is 0 Å². The smallest absolute Gasteiger partial charge is 0.267 e. The lowest BCUT2D eigenvalue weighted by Crippen LogP contribution is -2.45. The molecular formula is C17H19N3O4. The van der Waals surface area contributed by atoms with Gasteiger partial charge in [-0.25, -0.2) is 0 Å². The Hall–Kier alpha value is -2.83. The third-order valence-corrected chi connectivity index (χ3v) is 3.93. The second-order valence-corrected chi connectivity index (χ2v) is 5.72. The van der Waals surface area contributed by atoms with Crippen LogP contribution in [-0.4, -0.2) is 29.6 Å². The molecule has 24 heavy (non-hydrogen) atoms. The zero-order valence-electron chi connectivity index (χ0n) is 13.8. The molecule has 1 atom stereocenters. The number of ether oxygens (including phenoxy) is 1. The van der Waals surface area contributed by atoms with Crippen LogP contribution in [0.2, 0.25) is 0 Å². The van der Waals surface area contributed by atoms with Crippen LogP contribution in [0.5, 0.6) is 5.75 Å². The molecule has 1 aromatic heterocycles. The van der Waals surface area contributed by atoms with Crippen molar-refractivity contribution >= 4 is 23.2 Å². The van der Waals surface area contributed by atoms with Crippen molar-refractivity contribution in [2.75, 3.05) is 16.8 Å². The van der Waals surface area contributed by atoms with Gasteiger partial charge in [-0.1, -0.05) is 17.3 Å². The lowest BCUT2D eigenvalue weighted by Gasteiger charge is -2.32. The Kier molecular flexibility index (Phi) is 4.24. The summed E-state index contributed by atoms with van der Waals surface area (Å²) in [6, 6.07) is 7.31. The van der Waals surface area contributed by atoms with Crippen molar-refractivity contribution in [3.05, 3.63) is 35.7 Å². The van der Waals surface area contributed by atoms with Crippen LogP contribution in [0.1, 0.15) is 24.8 Å². The standard InChI is InChI=1S/C17H19N3O4/c1-10-16(11(2)24-19-10)18-15(21)8-9-20-13-6-4-5-7-14(13)23-12(3)17(20)22/h4-7,12H,8-9H2,1-3H3,(H,18,21). The number of fused-ring (bicyclic) bond motifs is 1. The van der Waals surface area contributed by atoms with Gasteiger partial charge in [-0.15, -0.1) is 0 Å². The van der Waals surface area contributed by atoms with E-state index >= 15 is 0 Å². The van der Waals surface area contributed by atoms with Gasteiger partial charge in [0.2, 0.25) is 5.91 Å². The number of rotatable bonds is 4. The molecule has 3 rings (SSSR count). The number of benzene rings is 1. The van der Waals surface area contributed by atoms with Crippen molar-refractivity contribution in [1.82, 2.24) is 5.16 Å². The van der Waals surface area contributed by atoms with Crippen molar-refractivity contribution in [1.29, 1.82) is 0 Å². The topological polar surface area (TPSA) is 84.7 Å². The van der Waals surface area contributed by atoms with E-state index < -0.39 is 6.10 Å². The average Bonchev–Trinajstić information content (AvgIpc) is 2.87. The number of hydrogen-bond donors (Lipinski definition) is 1. The van der Waals surface area contributed by atoms with Gasteiger partial charge in [-0.3, -0.25) is 9.59 Å². The molecule has 1 unspecified atom stereocenters. The first-order valence-electron chi connectivity index (χ1n) is 7.77. The Labute approximate surface area is 139 Å². The van der Waals surface area contributed by atoms with Gasteiger partial charge in [0.05, 0.1) is 5.69 Å². The number of aromatic nitrogens is 1. The second kappa shape index (κ2) is 6.35. The van der Waals surface area contributed by atoms with Gasteiger partial charge < -0.3 is 19.5 Å². The summed E-state index contributed by atoms with van der Waals surface area (Å²) < 4.78 is 10.6. The zero-order valence-corrected chi connectivity index (χ0v) is 13.8. The molecular weight excluding hydrogens is 310 g/mol. The number of para-hydroxylation sites is 2. The van der Waals surface area contributed by atoms with Crippen molar-refractivity contribution in [3.8, 4) is 5.75 Å². The van der Waals surface area contributed by atoms with Crippen molar-refractivity contribution in [3.63, 3.8) is 0 Å². The number of hydrogen-bond acceptors (Lipinski definition) is 5. The Morgan fingerprint density at radius 1 is 1.33 bits per heavy atom. The largest absolute Gasteiger partial charge is 0.479 e. The van der Waals surface area contributed by atoms with E-state index in [0.29, 0.717) is 28.6 Å². The normalized spacial score (nSPS) is 16.5. The van der Waals surface area contributed by atoms with E-state index in [4.69, 9.17) is 9.26 Å². The Bertz CT molecular complexity index is 764. The molecule has 1 N–H and O–H groups in total. The lowest BCUT2D eigenvalue weighted by molar-refractivity contribution is -0.125. The molecule has 2 aromatic rings. The van der Waals surface area contributed by atoms with E-state index in [1.807, 2.05) is 24.3 Å². The SMILES string of the molecule is Cc1noc(C)c1NC(=O)CCN1C(=O)C(C)Oc2ccccc21. The molecule has 0 saturated carbocycles. The monoisotopic (exact) mass is 329 g/mol. The maximum Gasteiger partial charge on any atom is 0.267 e. The van der Waals surface area contributed by atoms with E-state index in [-0.39, 0.29) is 24.8 Å². The molecule has 0 radical (unpaired) electrons. The van der Waals surface area contributed by atoms with Crippen LogP contribution in [0.15, 0.2) is 28.8 Å². The lowest BCUT2D eigenvalue weighted by atomic mass is 10.1. The Morgan fingerprint density at radius 3 is 2.79 bits per heavy atom. The molecule has 0 aliphatic carbocycles. The molecule has 0 bridgehead atoms. The van der Waals surface area contributed by atoms with Crippen LogP contribution in [0.4, 0.5) is 11.4 Å². The van der Waals surface area contributed by atoms with E-state index in [9.17, 15) is 9.59 Å². The van der Waals surface area contributed by atoms with E-state index in [2.05, 4.69) is 10.5 Å². The predicted molar refractivity (Wildman–Crippen MR) is 88.1 cm³/mol. The maximum absolute atomic E-state index is 12.4. The van der Waals surface area contributed by atoms with Gasteiger partial charge in [0.25, 0.3) is 5.91 Å². The molecule has 0 saturated heterocycles. The third kappa shape index (κ3) is 2.97. The fourth-order valence-electron chi connectivity index (χ4n) is 2.67. The fraction of sp³-hybridized carbons (Fsp3) is 0.353. The Morgan fingerprint density at radius 2 is 2.08 bits per heavy atom. The summed E-state index contributed by atoms with van der Waals surface area (Å²) in [7, 11) is 0. The number of carbonyl (C=O) groups is 2. The predicted octanol–water partition coefficient (Wildman–Crippen LogP) is 2.43. The summed E-state index contributed by atoms with van der Waals surface area (Å²) >= 11 is 0. The highest BCUT2D eigenvalue weighted by Crippen LogP contribution is 2.33. The number of carbonyl (C=O) groups excluding carboxylic acids is 2. The van der Waals surface area contributed by atoms with E-state index in [1.165, 1.54) is 0 Å². The summed E-state index contributed by atoms with van der Waals surface area (Å²) in [4.78, 5) is 26.2. The summed E-state index contributed by atoms with van der Waals surface area (Å²) in [5.74, 6) is 0.852. The molecule has 1 aliphatic heterocycles. The molecule has 7 nitrogen and oxygen atoms in total. The third-order valence-electron chi connectivity index (χ3n) is 3.93. The highest BCUT2D eigenvalue weighted by Gasteiger charge is 2.31. The number of nitrogens with zero attached hydrogens (tertiary/aromatic N) is 2. The number of amides is 2. The summed E-state index contributed by atoms with van der Waals surface area (Å²) in [5.41, 5.74) is 1.90. The van der Waals surface area contributed by atoms with Crippen LogP contribution in [-0.2, 0) is 9.59 Å². The quantitative estimate of drug-likeness (QED) is 0.931. The van der Waals surface area contributed by atoms with Gasteiger partial charge in [-0.2, -0.15) is 0 Å². The van der Waals surface area contributed by atoms with Gasteiger partial charge in [0.15, 0.2) is 11.9 Å². The first kappa shape index (κ1) is 16.0. The highest BCUT2D eigenvalue weighted by atomic mass is 16.5. The number of aryl methyl sites for hydroxylation is 2. The molecule has 7 heteroatoms. The molecule has 0 fully saturated rings. The number of nitrogens with one attached hydrogen (secondary N) is 1. The van der Waals surface area contributed by atoms with Crippen LogP contribution in [0.25, 0.3) is 0 Å². The zero-order chi connectivity index (χ0) is 17.3. The highest BCUT2D eigenvalue weighted by molar-refractivity contribution is 6.01. The van der Waals surface area contributed by atoms with Crippen LogP contribution in [0.3, 0.4) is 0 Å². The van der Waals surface area contributed by atoms with Gasteiger partial charge in [-0.05, 0) is 32.9 Å². The van der Waals surface area contributed by atoms with Gasteiger partial charge >= 0.3 is 0 Å². The maximum atomic E-state index is 12.4. The Balaban J connectivity index is 1.70. The summed E-state index contributed by atoms with van der Waals surface area (Å²) in [5, 5.41) is 6.58. The van der Waals surface area contributed by atoms with Gasteiger partial charge in [0, 0.05) is 13.0 Å².